The molecule has 20 heavy (non-hydrogen) atoms. The molecule has 1 N–H and O–H groups in total. The van der Waals surface area contributed by atoms with Gasteiger partial charge < -0.3 is 9.64 Å². The van der Waals surface area contributed by atoms with E-state index in [-0.39, 0.29) is 12.2 Å². The van der Waals surface area contributed by atoms with E-state index in [4.69, 9.17) is 4.74 Å². The van der Waals surface area contributed by atoms with Gasteiger partial charge in [-0.05, 0) is 31.1 Å². The summed E-state index contributed by atoms with van der Waals surface area (Å²) >= 11 is 0. The Bertz CT molecular complexity index is 316. The molecule has 2 rings (SSSR count). The van der Waals surface area contributed by atoms with E-state index < -0.39 is 0 Å². The Labute approximate surface area is 123 Å². The van der Waals surface area contributed by atoms with Crippen LogP contribution in [0.4, 0.5) is 0 Å². The molecule has 2 fully saturated rings. The van der Waals surface area contributed by atoms with Gasteiger partial charge in [0.15, 0.2) is 0 Å². The van der Waals surface area contributed by atoms with Crippen molar-refractivity contribution >= 4 is 5.91 Å². The first kappa shape index (κ1) is 15.8. The van der Waals surface area contributed by atoms with E-state index in [0.29, 0.717) is 17.7 Å². The molecule has 4 heteroatoms. The van der Waals surface area contributed by atoms with Gasteiger partial charge in [-0.15, -0.1) is 0 Å². The van der Waals surface area contributed by atoms with Gasteiger partial charge in [0.1, 0.15) is 0 Å². The summed E-state index contributed by atoms with van der Waals surface area (Å²) in [5.41, 5.74) is 0. The number of carbonyl (C=O) groups is 1. The number of carbonyl (C=O) groups excluding carboxylic acids is 1. The first-order valence-corrected chi connectivity index (χ1v) is 8.31. The van der Waals surface area contributed by atoms with Crippen molar-refractivity contribution in [2.75, 3.05) is 19.8 Å². The second-order valence-electron chi connectivity index (χ2n) is 6.38. The molecule has 0 aromatic heterocycles. The average Bonchev–Trinajstić information content (AvgIpc) is 3.05. The Morgan fingerprint density at radius 1 is 1.40 bits per heavy atom. The number of amides is 1. The first-order valence-electron chi connectivity index (χ1n) is 8.31. The largest absolute Gasteiger partial charge is 0.381 e. The van der Waals surface area contributed by atoms with E-state index in [1.54, 1.807) is 0 Å². The van der Waals surface area contributed by atoms with Crippen LogP contribution in [0.25, 0.3) is 0 Å². The van der Waals surface area contributed by atoms with E-state index >= 15 is 0 Å². The lowest BCUT2D eigenvalue weighted by atomic mass is 9.99. The Morgan fingerprint density at radius 3 is 2.80 bits per heavy atom. The van der Waals surface area contributed by atoms with Crippen molar-refractivity contribution < 1.29 is 9.53 Å². The van der Waals surface area contributed by atoms with E-state index in [9.17, 15) is 4.79 Å². The third kappa shape index (κ3) is 3.53. The smallest absolute Gasteiger partial charge is 0.241 e. The molecular formula is C16H30N2O2. The number of rotatable bonds is 7. The molecule has 1 amide bonds. The van der Waals surface area contributed by atoms with Crippen molar-refractivity contribution in [2.24, 2.45) is 11.8 Å². The van der Waals surface area contributed by atoms with Crippen LogP contribution in [0.1, 0.15) is 52.9 Å². The zero-order chi connectivity index (χ0) is 14.5. The van der Waals surface area contributed by atoms with Crippen LogP contribution in [0.5, 0.6) is 0 Å². The average molecular weight is 282 g/mol. The maximum atomic E-state index is 12.6. The molecule has 116 valence electrons. The number of ether oxygens (including phenoxy) is 1. The molecule has 4 atom stereocenters. The summed E-state index contributed by atoms with van der Waals surface area (Å²) in [6.07, 6.45) is 5.70. The van der Waals surface area contributed by atoms with Crippen LogP contribution in [0.15, 0.2) is 0 Å². The fourth-order valence-electron chi connectivity index (χ4n) is 3.26. The summed E-state index contributed by atoms with van der Waals surface area (Å²) in [5, 5.41) is 3.56. The Hall–Kier alpha value is -0.610. The monoisotopic (exact) mass is 282 g/mol. The van der Waals surface area contributed by atoms with Gasteiger partial charge in [-0.3, -0.25) is 10.1 Å². The van der Waals surface area contributed by atoms with Crippen LogP contribution >= 0.6 is 0 Å². The SMILES string of the molecule is CCCC1NC(C(C)CC)C(=O)N1CCC1CCOC1. The summed E-state index contributed by atoms with van der Waals surface area (Å²) in [4.78, 5) is 14.7. The minimum absolute atomic E-state index is 0.0244. The highest BCUT2D eigenvalue weighted by atomic mass is 16.5. The van der Waals surface area contributed by atoms with Crippen LogP contribution < -0.4 is 5.32 Å². The summed E-state index contributed by atoms with van der Waals surface area (Å²) in [6, 6.07) is 0.0244. The zero-order valence-corrected chi connectivity index (χ0v) is 13.2. The fourth-order valence-corrected chi connectivity index (χ4v) is 3.26. The molecule has 0 spiro atoms. The number of hydrogen-bond donors (Lipinski definition) is 1. The lowest BCUT2D eigenvalue weighted by Crippen LogP contribution is -2.38. The van der Waals surface area contributed by atoms with Crippen LogP contribution in [-0.4, -0.2) is 42.8 Å². The molecule has 2 saturated heterocycles. The lowest BCUT2D eigenvalue weighted by Gasteiger charge is -2.25. The molecule has 0 aliphatic carbocycles. The summed E-state index contributed by atoms with van der Waals surface area (Å²) < 4.78 is 5.43. The van der Waals surface area contributed by atoms with E-state index in [0.717, 1.165) is 51.9 Å². The standard InChI is InChI=1S/C16H30N2O2/c1-4-6-14-17-15(12(3)5-2)16(19)18(14)9-7-13-8-10-20-11-13/h12-15,17H,4-11H2,1-3H3. The Kier molecular flexibility index (Phi) is 5.85. The second-order valence-corrected chi connectivity index (χ2v) is 6.38. The van der Waals surface area contributed by atoms with Crippen molar-refractivity contribution in [3.63, 3.8) is 0 Å². The van der Waals surface area contributed by atoms with Crippen molar-refractivity contribution in [2.45, 2.75) is 65.1 Å². The quantitative estimate of drug-likeness (QED) is 0.779. The molecule has 2 aliphatic heterocycles. The van der Waals surface area contributed by atoms with E-state index in [1.165, 1.54) is 0 Å². The fraction of sp³-hybridized carbons (Fsp3) is 0.938. The van der Waals surface area contributed by atoms with Gasteiger partial charge in [0, 0.05) is 19.8 Å². The topological polar surface area (TPSA) is 41.6 Å². The highest BCUT2D eigenvalue weighted by Crippen LogP contribution is 2.24. The van der Waals surface area contributed by atoms with Crippen molar-refractivity contribution in [1.29, 1.82) is 0 Å². The van der Waals surface area contributed by atoms with Crippen molar-refractivity contribution in [3.8, 4) is 0 Å². The third-order valence-electron chi connectivity index (χ3n) is 4.87. The second kappa shape index (κ2) is 7.41. The highest BCUT2D eigenvalue weighted by Gasteiger charge is 2.40. The van der Waals surface area contributed by atoms with Gasteiger partial charge in [0.05, 0.1) is 12.2 Å². The van der Waals surface area contributed by atoms with E-state index in [1.807, 2.05) is 0 Å². The Morgan fingerprint density at radius 2 is 2.20 bits per heavy atom. The summed E-state index contributed by atoms with van der Waals surface area (Å²) in [7, 11) is 0. The molecule has 2 aliphatic rings. The molecule has 4 unspecified atom stereocenters. The van der Waals surface area contributed by atoms with Gasteiger partial charge in [-0.25, -0.2) is 0 Å². The summed E-state index contributed by atoms with van der Waals surface area (Å²) in [6.45, 7) is 9.18. The predicted molar refractivity (Wildman–Crippen MR) is 80.3 cm³/mol. The summed E-state index contributed by atoms with van der Waals surface area (Å²) in [5.74, 6) is 1.38. The van der Waals surface area contributed by atoms with E-state index in [2.05, 4.69) is 31.0 Å². The number of nitrogens with one attached hydrogen (secondary N) is 1. The van der Waals surface area contributed by atoms with Gasteiger partial charge in [-0.1, -0.05) is 33.6 Å². The van der Waals surface area contributed by atoms with Crippen LogP contribution in [0.2, 0.25) is 0 Å². The third-order valence-corrected chi connectivity index (χ3v) is 4.87. The van der Waals surface area contributed by atoms with Gasteiger partial charge in [0.25, 0.3) is 0 Å². The molecular weight excluding hydrogens is 252 g/mol. The number of nitrogens with zero attached hydrogens (tertiary/aromatic N) is 1. The minimum atomic E-state index is 0.0244. The van der Waals surface area contributed by atoms with Gasteiger partial charge in [0.2, 0.25) is 5.91 Å². The molecule has 0 aromatic carbocycles. The predicted octanol–water partition coefficient (Wildman–Crippen LogP) is 2.39. The number of hydrogen-bond acceptors (Lipinski definition) is 3. The minimum Gasteiger partial charge on any atom is -0.381 e. The van der Waals surface area contributed by atoms with Gasteiger partial charge in [-0.2, -0.15) is 0 Å². The normalized spacial score (nSPS) is 32.0. The molecule has 0 aromatic rings. The molecule has 4 nitrogen and oxygen atoms in total. The van der Waals surface area contributed by atoms with Crippen LogP contribution in [-0.2, 0) is 9.53 Å². The van der Waals surface area contributed by atoms with Gasteiger partial charge >= 0.3 is 0 Å². The molecule has 0 saturated carbocycles. The first-order chi connectivity index (χ1) is 9.67. The Balaban J connectivity index is 1.93. The lowest BCUT2D eigenvalue weighted by molar-refractivity contribution is -0.131. The molecule has 0 radical (unpaired) electrons. The van der Waals surface area contributed by atoms with Crippen LogP contribution in [0.3, 0.4) is 0 Å². The van der Waals surface area contributed by atoms with Crippen molar-refractivity contribution in [3.05, 3.63) is 0 Å². The maximum absolute atomic E-state index is 12.6. The molecule has 0 bridgehead atoms. The van der Waals surface area contributed by atoms with Crippen molar-refractivity contribution in [1.82, 2.24) is 10.2 Å². The maximum Gasteiger partial charge on any atom is 0.241 e. The molecule has 2 heterocycles. The van der Waals surface area contributed by atoms with Crippen LogP contribution in [0, 0.1) is 11.8 Å². The zero-order valence-electron chi connectivity index (χ0n) is 13.2. The highest BCUT2D eigenvalue weighted by molar-refractivity contribution is 5.84.